The summed E-state index contributed by atoms with van der Waals surface area (Å²) in [6.07, 6.45) is 4.96. The lowest BCUT2D eigenvalue weighted by molar-refractivity contribution is 0.0502. The molecule has 0 heterocycles. The van der Waals surface area contributed by atoms with Crippen molar-refractivity contribution in [1.29, 1.82) is 0 Å². The van der Waals surface area contributed by atoms with E-state index in [1.807, 2.05) is 19.9 Å². The molecular formula is C24H27FO6. The number of phenols is 1. The minimum absolute atomic E-state index is 0.00495. The van der Waals surface area contributed by atoms with Crippen molar-refractivity contribution in [3.63, 3.8) is 0 Å². The highest BCUT2D eigenvalue weighted by Gasteiger charge is 2.23. The van der Waals surface area contributed by atoms with Crippen molar-refractivity contribution >= 4 is 11.9 Å². The van der Waals surface area contributed by atoms with Crippen LogP contribution in [0.1, 0.15) is 35.3 Å². The lowest BCUT2D eigenvalue weighted by Gasteiger charge is -2.17. The first-order valence-corrected chi connectivity index (χ1v) is 9.56. The third-order valence-corrected chi connectivity index (χ3v) is 4.44. The van der Waals surface area contributed by atoms with E-state index in [2.05, 4.69) is 0 Å². The molecule has 2 rings (SSSR count). The molecule has 166 valence electrons. The van der Waals surface area contributed by atoms with Crippen LogP contribution < -0.4 is 14.2 Å². The molecule has 0 unspecified atom stereocenters. The number of benzene rings is 2. The highest BCUT2D eigenvalue weighted by Crippen LogP contribution is 2.40. The second-order valence-electron chi connectivity index (χ2n) is 6.91. The summed E-state index contributed by atoms with van der Waals surface area (Å²) in [4.78, 5) is 12.9. The number of halogens is 1. The number of phenolic OH excluding ortho intramolecular Hbond substituents is 1. The van der Waals surface area contributed by atoms with Gasteiger partial charge in [0.15, 0.2) is 24.1 Å². The van der Waals surface area contributed by atoms with Crippen LogP contribution in [0.15, 0.2) is 42.0 Å². The van der Waals surface area contributed by atoms with Gasteiger partial charge in [0.05, 0.1) is 14.2 Å². The van der Waals surface area contributed by atoms with Crippen LogP contribution in [-0.2, 0) is 11.2 Å². The zero-order chi connectivity index (χ0) is 23.0. The minimum Gasteiger partial charge on any atom is -0.507 e. The number of carbonyl (C=O) groups is 1. The first-order chi connectivity index (χ1) is 14.8. The number of hydrogen-bond donors (Lipinski definition) is 1. The second kappa shape index (κ2) is 11.2. The average molecular weight is 430 g/mol. The fourth-order valence-corrected chi connectivity index (χ4v) is 2.86. The molecule has 0 saturated carbocycles. The normalized spacial score (nSPS) is 10.8. The summed E-state index contributed by atoms with van der Waals surface area (Å²) in [7, 11) is 4.25. The average Bonchev–Trinajstić information content (AvgIpc) is 2.74. The maximum atomic E-state index is 13.9. The van der Waals surface area contributed by atoms with Gasteiger partial charge in [-0.2, -0.15) is 0 Å². The van der Waals surface area contributed by atoms with E-state index >= 15 is 0 Å². The van der Waals surface area contributed by atoms with E-state index < -0.39 is 11.6 Å². The third-order valence-electron chi connectivity index (χ3n) is 4.44. The number of rotatable bonds is 10. The van der Waals surface area contributed by atoms with Gasteiger partial charge in [-0.05, 0) is 44.0 Å². The first kappa shape index (κ1) is 24.0. The summed E-state index contributed by atoms with van der Waals surface area (Å²) in [6, 6.07) is 5.88. The largest absolute Gasteiger partial charge is 0.507 e. The molecule has 31 heavy (non-hydrogen) atoms. The number of methoxy groups -OCH3 is 3. The SMILES string of the molecule is COCOc1cc(OC)c(C(=O)C=Cc2ccc(OC)c(F)c2)c(O)c1CC=C(C)C. The molecule has 2 aromatic rings. The maximum absolute atomic E-state index is 13.9. The Morgan fingerprint density at radius 3 is 2.35 bits per heavy atom. The molecule has 7 heteroatoms. The van der Waals surface area contributed by atoms with Gasteiger partial charge >= 0.3 is 0 Å². The summed E-state index contributed by atoms with van der Waals surface area (Å²) in [5.41, 5.74) is 1.94. The van der Waals surface area contributed by atoms with Gasteiger partial charge in [0.25, 0.3) is 0 Å². The highest BCUT2D eigenvalue weighted by atomic mass is 19.1. The molecule has 0 aliphatic heterocycles. The third kappa shape index (κ3) is 6.08. The van der Waals surface area contributed by atoms with Crippen LogP contribution in [0.5, 0.6) is 23.0 Å². The summed E-state index contributed by atoms with van der Waals surface area (Å²) in [5.74, 6) is -0.660. The van der Waals surface area contributed by atoms with Crippen molar-refractivity contribution in [2.45, 2.75) is 20.3 Å². The van der Waals surface area contributed by atoms with Crippen LogP contribution in [-0.4, -0.2) is 39.0 Å². The fraction of sp³-hybridized carbons (Fsp3) is 0.292. The summed E-state index contributed by atoms with van der Waals surface area (Å²) < 4.78 is 34.6. The van der Waals surface area contributed by atoms with Crippen LogP contribution in [0.2, 0.25) is 0 Å². The smallest absolute Gasteiger partial charge is 0.193 e. The minimum atomic E-state index is -0.541. The van der Waals surface area contributed by atoms with Gasteiger partial charge < -0.3 is 24.1 Å². The summed E-state index contributed by atoms with van der Waals surface area (Å²) in [5, 5.41) is 10.9. The van der Waals surface area contributed by atoms with Crippen molar-refractivity contribution in [3.8, 4) is 23.0 Å². The van der Waals surface area contributed by atoms with Crippen molar-refractivity contribution < 1.29 is 33.2 Å². The highest BCUT2D eigenvalue weighted by molar-refractivity contribution is 6.11. The molecule has 0 bridgehead atoms. The zero-order valence-corrected chi connectivity index (χ0v) is 18.3. The Bertz CT molecular complexity index is 990. The quantitative estimate of drug-likeness (QED) is 0.249. The van der Waals surface area contributed by atoms with Crippen molar-refractivity contribution in [1.82, 2.24) is 0 Å². The van der Waals surface area contributed by atoms with Crippen LogP contribution in [0.3, 0.4) is 0 Å². The molecule has 0 saturated heterocycles. The summed E-state index contributed by atoms with van der Waals surface area (Å²) >= 11 is 0. The topological polar surface area (TPSA) is 74.2 Å². The van der Waals surface area contributed by atoms with Gasteiger partial charge in [0.1, 0.15) is 22.8 Å². The summed E-state index contributed by atoms with van der Waals surface area (Å²) in [6.45, 7) is 3.83. The number of allylic oxidation sites excluding steroid dienone is 3. The van der Waals surface area contributed by atoms with E-state index in [0.29, 0.717) is 23.3 Å². The maximum Gasteiger partial charge on any atom is 0.193 e. The fourth-order valence-electron chi connectivity index (χ4n) is 2.86. The first-order valence-electron chi connectivity index (χ1n) is 9.56. The molecule has 0 atom stereocenters. The monoisotopic (exact) mass is 430 g/mol. The Balaban J connectivity index is 2.47. The Morgan fingerprint density at radius 1 is 1.06 bits per heavy atom. The van der Waals surface area contributed by atoms with E-state index in [1.54, 1.807) is 12.1 Å². The van der Waals surface area contributed by atoms with Crippen molar-refractivity contribution in [2.24, 2.45) is 0 Å². The van der Waals surface area contributed by atoms with Crippen molar-refractivity contribution in [2.75, 3.05) is 28.1 Å². The Labute approximate surface area is 181 Å². The van der Waals surface area contributed by atoms with Crippen LogP contribution >= 0.6 is 0 Å². The molecule has 0 aliphatic rings. The molecule has 0 aromatic heterocycles. The number of aromatic hydroxyl groups is 1. The number of hydrogen-bond acceptors (Lipinski definition) is 6. The number of ketones is 1. The van der Waals surface area contributed by atoms with Gasteiger partial charge in [-0.1, -0.05) is 23.8 Å². The van der Waals surface area contributed by atoms with Gasteiger partial charge in [-0.25, -0.2) is 4.39 Å². The van der Waals surface area contributed by atoms with Crippen LogP contribution in [0, 0.1) is 5.82 Å². The zero-order valence-electron chi connectivity index (χ0n) is 18.3. The van der Waals surface area contributed by atoms with E-state index in [9.17, 15) is 14.3 Å². The Hall–Kier alpha value is -3.32. The number of ether oxygens (including phenoxy) is 4. The molecule has 0 amide bonds. The molecule has 2 aromatic carbocycles. The lowest BCUT2D eigenvalue weighted by Crippen LogP contribution is -2.07. The molecular weight excluding hydrogens is 403 g/mol. The van der Waals surface area contributed by atoms with Gasteiger partial charge in [0, 0.05) is 18.7 Å². The Kier molecular flexibility index (Phi) is 8.63. The van der Waals surface area contributed by atoms with E-state index in [0.717, 1.165) is 5.57 Å². The molecule has 0 spiro atoms. The molecule has 0 radical (unpaired) electrons. The second-order valence-corrected chi connectivity index (χ2v) is 6.91. The standard InChI is InChI=1S/C24H27FO6/c1-15(2)6-9-17-21(31-14-28-3)13-22(30-5)23(24(17)27)19(26)10-7-16-8-11-20(29-4)18(25)12-16/h6-8,10-13,27H,9,14H2,1-5H3. The Morgan fingerprint density at radius 2 is 1.77 bits per heavy atom. The van der Waals surface area contributed by atoms with Gasteiger partial charge in [0.2, 0.25) is 0 Å². The van der Waals surface area contributed by atoms with Crippen LogP contribution in [0.25, 0.3) is 6.08 Å². The molecule has 0 fully saturated rings. The molecule has 1 N–H and O–H groups in total. The lowest BCUT2D eigenvalue weighted by atomic mass is 9.99. The van der Waals surface area contributed by atoms with Crippen molar-refractivity contribution in [3.05, 3.63) is 64.5 Å². The molecule has 6 nitrogen and oxygen atoms in total. The number of carbonyl (C=O) groups excluding carboxylic acids is 1. The van der Waals surface area contributed by atoms with Gasteiger partial charge in [-0.3, -0.25) is 4.79 Å². The van der Waals surface area contributed by atoms with E-state index in [4.69, 9.17) is 18.9 Å². The molecule has 0 aliphatic carbocycles. The van der Waals surface area contributed by atoms with E-state index in [-0.39, 0.29) is 29.6 Å². The van der Waals surface area contributed by atoms with Crippen LogP contribution in [0.4, 0.5) is 4.39 Å². The van der Waals surface area contributed by atoms with E-state index in [1.165, 1.54) is 45.6 Å². The van der Waals surface area contributed by atoms with Gasteiger partial charge in [-0.15, -0.1) is 0 Å². The predicted molar refractivity (Wildman–Crippen MR) is 117 cm³/mol. The predicted octanol–water partition coefficient (Wildman–Crippen LogP) is 4.94.